The number of rotatable bonds is 4. The maximum atomic E-state index is 10.8. The van der Waals surface area contributed by atoms with Crippen molar-refractivity contribution in [3.8, 4) is 0 Å². The summed E-state index contributed by atoms with van der Waals surface area (Å²) in [5.41, 5.74) is 4.65. The predicted molar refractivity (Wildman–Crippen MR) is 41.6 cm³/mol. The molecule has 0 aromatic carbocycles. The van der Waals surface area contributed by atoms with E-state index in [9.17, 15) is 4.79 Å². The fraction of sp³-hybridized carbons (Fsp3) is 0.857. The second-order valence-electron chi connectivity index (χ2n) is 2.70. The van der Waals surface area contributed by atoms with Crippen LogP contribution in [0.1, 0.15) is 26.7 Å². The number of nitrogens with two attached hydrogens (primary N) is 1. The van der Waals surface area contributed by atoms with Crippen molar-refractivity contribution in [2.45, 2.75) is 32.2 Å². The van der Waals surface area contributed by atoms with Crippen LogP contribution in [0, 0.1) is 0 Å². The Hall–Kier alpha value is -0.570. The molecule has 60 valence electrons. The minimum absolute atomic E-state index is 0.281. The van der Waals surface area contributed by atoms with Crippen LogP contribution < -0.4 is 11.1 Å². The van der Waals surface area contributed by atoms with Gasteiger partial charge < -0.3 is 11.1 Å². The molecule has 10 heavy (non-hydrogen) atoms. The van der Waals surface area contributed by atoms with E-state index in [-0.39, 0.29) is 5.91 Å². The van der Waals surface area contributed by atoms with Crippen LogP contribution in [0.4, 0.5) is 0 Å². The summed E-state index contributed by atoms with van der Waals surface area (Å²) in [6.45, 7) is 3.84. The van der Waals surface area contributed by atoms with Gasteiger partial charge in [-0.2, -0.15) is 0 Å². The molecule has 1 atom stereocenters. The van der Waals surface area contributed by atoms with Gasteiger partial charge in [0.25, 0.3) is 0 Å². The van der Waals surface area contributed by atoms with Crippen molar-refractivity contribution in [1.29, 1.82) is 0 Å². The normalized spacial score (nSPS) is 16.3. The largest absolute Gasteiger partial charge is 0.368 e. The molecule has 3 nitrogen and oxygen atoms in total. The first kappa shape index (κ1) is 9.43. The van der Waals surface area contributed by atoms with Crippen molar-refractivity contribution in [2.75, 3.05) is 7.05 Å². The molecule has 0 heterocycles. The molecule has 0 saturated heterocycles. The summed E-state index contributed by atoms with van der Waals surface area (Å²) in [7, 11) is 1.75. The van der Waals surface area contributed by atoms with Gasteiger partial charge in [0.1, 0.15) is 0 Å². The molecule has 0 saturated carbocycles. The first-order valence-electron chi connectivity index (χ1n) is 3.55. The van der Waals surface area contributed by atoms with Gasteiger partial charge in [-0.3, -0.25) is 4.79 Å². The van der Waals surface area contributed by atoms with Crippen LogP contribution in [-0.4, -0.2) is 18.5 Å². The molecule has 0 unspecified atom stereocenters. The summed E-state index contributed by atoms with van der Waals surface area (Å²) in [6.07, 6.45) is 1.75. The number of hydrogen-bond donors (Lipinski definition) is 2. The van der Waals surface area contributed by atoms with Gasteiger partial charge in [0.15, 0.2) is 0 Å². The molecule has 3 heteroatoms. The van der Waals surface area contributed by atoms with Crippen molar-refractivity contribution in [3.63, 3.8) is 0 Å². The lowest BCUT2D eigenvalue weighted by Gasteiger charge is -2.24. The molecule has 0 aromatic rings. The average Bonchev–Trinajstić information content (AvgIpc) is 1.88. The Morgan fingerprint density at radius 2 is 2.20 bits per heavy atom. The first-order chi connectivity index (χ1) is 4.56. The van der Waals surface area contributed by atoms with Crippen molar-refractivity contribution < 1.29 is 4.79 Å². The van der Waals surface area contributed by atoms with Crippen LogP contribution in [0.5, 0.6) is 0 Å². The Kier molecular flexibility index (Phi) is 3.36. The van der Waals surface area contributed by atoms with E-state index in [1.165, 1.54) is 0 Å². The van der Waals surface area contributed by atoms with Gasteiger partial charge in [-0.15, -0.1) is 0 Å². The summed E-state index contributed by atoms with van der Waals surface area (Å²) in [6, 6.07) is 0. The fourth-order valence-electron chi connectivity index (χ4n) is 0.871. The third-order valence-corrected chi connectivity index (χ3v) is 1.85. The van der Waals surface area contributed by atoms with Gasteiger partial charge in [-0.25, -0.2) is 0 Å². The summed E-state index contributed by atoms with van der Waals surface area (Å²) in [5, 5.41) is 2.90. The Labute approximate surface area is 62.0 Å². The van der Waals surface area contributed by atoms with Crippen LogP contribution >= 0.6 is 0 Å². The minimum atomic E-state index is -0.519. The van der Waals surface area contributed by atoms with Gasteiger partial charge >= 0.3 is 0 Å². The quantitative estimate of drug-likeness (QED) is 0.594. The highest BCUT2D eigenvalue weighted by Crippen LogP contribution is 2.09. The summed E-state index contributed by atoms with van der Waals surface area (Å²) < 4.78 is 0. The lowest BCUT2D eigenvalue weighted by molar-refractivity contribution is -0.123. The average molecular weight is 144 g/mol. The number of hydrogen-bond acceptors (Lipinski definition) is 2. The van der Waals surface area contributed by atoms with Crippen LogP contribution in [0.2, 0.25) is 0 Å². The number of primary amides is 1. The molecule has 0 aliphatic carbocycles. The Morgan fingerprint density at radius 3 is 2.30 bits per heavy atom. The van der Waals surface area contributed by atoms with Crippen molar-refractivity contribution in [1.82, 2.24) is 5.32 Å². The molecule has 0 radical (unpaired) electrons. The van der Waals surface area contributed by atoms with Crippen LogP contribution in [0.3, 0.4) is 0 Å². The maximum Gasteiger partial charge on any atom is 0.237 e. The third kappa shape index (κ3) is 1.99. The first-order valence-corrected chi connectivity index (χ1v) is 3.55. The van der Waals surface area contributed by atoms with E-state index in [4.69, 9.17) is 5.73 Å². The molecule has 0 fully saturated rings. The van der Waals surface area contributed by atoms with Gasteiger partial charge in [0.2, 0.25) is 5.91 Å². The van der Waals surface area contributed by atoms with Gasteiger partial charge in [-0.1, -0.05) is 13.3 Å². The van der Waals surface area contributed by atoms with Gasteiger partial charge in [-0.05, 0) is 20.4 Å². The Morgan fingerprint density at radius 1 is 1.70 bits per heavy atom. The van der Waals surface area contributed by atoms with E-state index in [1.54, 1.807) is 7.05 Å². The molecule has 0 aliphatic rings. The SMILES string of the molecule is CCC[C@](C)(NC)C(N)=O. The molecular formula is C7H16N2O. The minimum Gasteiger partial charge on any atom is -0.368 e. The van der Waals surface area contributed by atoms with Crippen molar-refractivity contribution >= 4 is 5.91 Å². The lowest BCUT2D eigenvalue weighted by atomic mass is 9.96. The Bertz CT molecular complexity index is 125. The topological polar surface area (TPSA) is 55.1 Å². The molecule has 1 amide bonds. The van der Waals surface area contributed by atoms with Crippen LogP contribution in [0.15, 0.2) is 0 Å². The summed E-state index contributed by atoms with van der Waals surface area (Å²) in [5.74, 6) is -0.281. The molecule has 0 spiro atoms. The second-order valence-corrected chi connectivity index (χ2v) is 2.70. The van der Waals surface area contributed by atoms with E-state index < -0.39 is 5.54 Å². The number of amides is 1. The number of likely N-dealkylation sites (N-methyl/N-ethyl adjacent to an activating group) is 1. The van der Waals surface area contributed by atoms with E-state index in [1.807, 2.05) is 13.8 Å². The standard InChI is InChI=1S/C7H16N2O/c1-4-5-7(2,9-3)6(8)10/h9H,4-5H2,1-3H3,(H2,8,10)/t7-/m0/s1. The highest BCUT2D eigenvalue weighted by Gasteiger charge is 2.26. The molecular weight excluding hydrogens is 128 g/mol. The molecule has 3 N–H and O–H groups in total. The second kappa shape index (κ2) is 3.56. The number of carbonyl (C=O) groups is 1. The van der Waals surface area contributed by atoms with Gasteiger partial charge in [0.05, 0.1) is 5.54 Å². The van der Waals surface area contributed by atoms with E-state index >= 15 is 0 Å². The molecule has 0 bridgehead atoms. The number of nitrogens with one attached hydrogen (secondary N) is 1. The fourth-order valence-corrected chi connectivity index (χ4v) is 0.871. The zero-order chi connectivity index (χ0) is 8.20. The lowest BCUT2D eigenvalue weighted by Crippen LogP contribution is -2.51. The molecule has 0 aromatic heterocycles. The van der Waals surface area contributed by atoms with Gasteiger partial charge in [0, 0.05) is 0 Å². The van der Waals surface area contributed by atoms with E-state index in [0.717, 1.165) is 12.8 Å². The zero-order valence-electron chi connectivity index (χ0n) is 6.90. The molecule has 0 aliphatic heterocycles. The highest BCUT2D eigenvalue weighted by atomic mass is 16.1. The van der Waals surface area contributed by atoms with Crippen molar-refractivity contribution in [3.05, 3.63) is 0 Å². The smallest absolute Gasteiger partial charge is 0.237 e. The Balaban J connectivity index is 4.08. The van der Waals surface area contributed by atoms with Crippen molar-refractivity contribution in [2.24, 2.45) is 5.73 Å². The van der Waals surface area contributed by atoms with Crippen LogP contribution in [0.25, 0.3) is 0 Å². The monoisotopic (exact) mass is 144 g/mol. The summed E-state index contributed by atoms with van der Waals surface area (Å²) >= 11 is 0. The van der Waals surface area contributed by atoms with E-state index in [0.29, 0.717) is 0 Å². The predicted octanol–water partition coefficient (Wildman–Crippen LogP) is 0.250. The summed E-state index contributed by atoms with van der Waals surface area (Å²) in [4.78, 5) is 10.8. The highest BCUT2D eigenvalue weighted by molar-refractivity contribution is 5.84. The van der Waals surface area contributed by atoms with Crippen LogP contribution in [-0.2, 0) is 4.79 Å². The maximum absolute atomic E-state index is 10.8. The molecule has 0 rings (SSSR count). The zero-order valence-corrected chi connectivity index (χ0v) is 6.90. The third-order valence-electron chi connectivity index (χ3n) is 1.85. The number of carbonyl (C=O) groups excluding carboxylic acids is 1. The van der Waals surface area contributed by atoms with E-state index in [2.05, 4.69) is 5.32 Å².